The Hall–Kier alpha value is -0.460. The first-order valence-electron chi connectivity index (χ1n) is 3.81. The second kappa shape index (κ2) is 1.76. The predicted octanol–water partition coefficient (Wildman–Crippen LogP) is 1.66. The highest BCUT2D eigenvalue weighted by Crippen LogP contribution is 2.31. The van der Waals surface area contributed by atoms with Gasteiger partial charge in [0, 0.05) is 11.7 Å². The maximum absolute atomic E-state index is 3.48. The Morgan fingerprint density at radius 1 is 1.56 bits per heavy atom. The van der Waals surface area contributed by atoms with Crippen LogP contribution in [0.15, 0.2) is 11.8 Å². The van der Waals surface area contributed by atoms with Crippen LogP contribution in [0.3, 0.4) is 0 Å². The highest BCUT2D eigenvalue weighted by atomic mass is 15.0. The maximum Gasteiger partial charge on any atom is 0.0321 e. The molecule has 0 aromatic rings. The first-order chi connectivity index (χ1) is 4.36. The van der Waals surface area contributed by atoms with Gasteiger partial charge in [0.05, 0.1) is 0 Å². The zero-order chi connectivity index (χ0) is 6.27. The molecule has 1 saturated carbocycles. The zero-order valence-corrected chi connectivity index (χ0v) is 5.85. The minimum absolute atomic E-state index is 0.810. The van der Waals surface area contributed by atoms with Gasteiger partial charge in [0.25, 0.3) is 0 Å². The van der Waals surface area contributed by atoms with E-state index in [2.05, 4.69) is 18.3 Å². The number of allylic oxidation sites excluding steroid dienone is 1. The van der Waals surface area contributed by atoms with Crippen molar-refractivity contribution in [3.8, 4) is 0 Å². The molecule has 50 valence electrons. The van der Waals surface area contributed by atoms with E-state index in [9.17, 15) is 0 Å². The number of rotatable bonds is 0. The van der Waals surface area contributed by atoms with E-state index in [1.54, 1.807) is 0 Å². The largest absolute Gasteiger partial charge is 0.385 e. The van der Waals surface area contributed by atoms with Crippen molar-refractivity contribution in [3.63, 3.8) is 0 Å². The van der Waals surface area contributed by atoms with Gasteiger partial charge in [-0.05, 0) is 25.7 Å². The van der Waals surface area contributed by atoms with Crippen LogP contribution in [-0.4, -0.2) is 6.04 Å². The van der Waals surface area contributed by atoms with E-state index >= 15 is 0 Å². The van der Waals surface area contributed by atoms with E-state index in [4.69, 9.17) is 0 Å². The molecule has 2 unspecified atom stereocenters. The Morgan fingerprint density at radius 2 is 2.44 bits per heavy atom. The summed E-state index contributed by atoms with van der Waals surface area (Å²) >= 11 is 0. The third-order valence-electron chi connectivity index (χ3n) is 2.45. The Balaban J connectivity index is 2.13. The van der Waals surface area contributed by atoms with Gasteiger partial charge in [-0.3, -0.25) is 0 Å². The summed E-state index contributed by atoms with van der Waals surface area (Å²) in [6.07, 6.45) is 6.61. The van der Waals surface area contributed by atoms with Crippen molar-refractivity contribution in [2.75, 3.05) is 0 Å². The topological polar surface area (TPSA) is 12.0 Å². The molecule has 1 heteroatoms. The second-order valence-electron chi connectivity index (χ2n) is 3.20. The molecule has 0 aromatic heterocycles. The van der Waals surface area contributed by atoms with Gasteiger partial charge >= 0.3 is 0 Å². The van der Waals surface area contributed by atoms with Crippen LogP contribution in [0.5, 0.6) is 0 Å². The molecule has 2 rings (SSSR count). The molecule has 2 atom stereocenters. The van der Waals surface area contributed by atoms with Crippen LogP contribution in [0.4, 0.5) is 0 Å². The van der Waals surface area contributed by atoms with E-state index in [1.807, 2.05) is 0 Å². The smallest absolute Gasteiger partial charge is 0.0321 e. The first kappa shape index (κ1) is 5.33. The molecule has 1 aliphatic heterocycles. The van der Waals surface area contributed by atoms with Gasteiger partial charge in [0.1, 0.15) is 0 Å². The highest BCUT2D eigenvalue weighted by Gasteiger charge is 2.29. The van der Waals surface area contributed by atoms with Gasteiger partial charge in [0.15, 0.2) is 0 Å². The summed E-state index contributed by atoms with van der Waals surface area (Å²) in [7, 11) is 0. The molecular formula is C8H13N. The fourth-order valence-corrected chi connectivity index (χ4v) is 2.03. The minimum Gasteiger partial charge on any atom is -0.385 e. The van der Waals surface area contributed by atoms with Crippen LogP contribution in [-0.2, 0) is 0 Å². The van der Waals surface area contributed by atoms with Gasteiger partial charge in [-0.2, -0.15) is 0 Å². The van der Waals surface area contributed by atoms with Crippen LogP contribution in [0.25, 0.3) is 0 Å². The second-order valence-corrected chi connectivity index (χ2v) is 3.20. The summed E-state index contributed by atoms with van der Waals surface area (Å²) in [6, 6.07) is 0.810. The maximum atomic E-state index is 3.48. The molecule has 1 nitrogen and oxygen atoms in total. The number of hydrogen-bond acceptors (Lipinski definition) is 1. The fourth-order valence-electron chi connectivity index (χ4n) is 2.03. The van der Waals surface area contributed by atoms with Crippen molar-refractivity contribution in [3.05, 3.63) is 11.8 Å². The summed E-state index contributed by atoms with van der Waals surface area (Å²) in [5, 5.41) is 3.48. The van der Waals surface area contributed by atoms with E-state index in [0.29, 0.717) is 0 Å². The predicted molar refractivity (Wildman–Crippen MR) is 38.0 cm³/mol. The zero-order valence-electron chi connectivity index (χ0n) is 5.85. The number of hydrogen-bond donors (Lipinski definition) is 1. The standard InChI is InChI=1S/C8H13N/c1-6-5-7-3-2-4-8(7)9-6/h5,7-9H,2-4H2,1H3. The quantitative estimate of drug-likeness (QED) is 0.516. The number of nitrogens with one attached hydrogen (secondary N) is 1. The summed E-state index contributed by atoms with van der Waals surface area (Å²) in [5.74, 6) is 0.880. The summed E-state index contributed by atoms with van der Waals surface area (Å²) < 4.78 is 0. The molecular weight excluding hydrogens is 110 g/mol. The SMILES string of the molecule is CC1=CC2CCCC2N1. The van der Waals surface area contributed by atoms with Crippen LogP contribution < -0.4 is 5.32 Å². The Bertz CT molecular complexity index is 149. The van der Waals surface area contributed by atoms with E-state index in [-0.39, 0.29) is 0 Å². The molecule has 1 heterocycles. The lowest BCUT2D eigenvalue weighted by atomic mass is 10.1. The Kier molecular flexibility index (Phi) is 1.04. The minimum atomic E-state index is 0.810. The normalized spacial score (nSPS) is 39.9. The van der Waals surface area contributed by atoms with E-state index in [0.717, 1.165) is 12.0 Å². The lowest BCUT2D eigenvalue weighted by Crippen LogP contribution is -2.22. The highest BCUT2D eigenvalue weighted by molar-refractivity contribution is 5.13. The van der Waals surface area contributed by atoms with Crippen LogP contribution in [0.2, 0.25) is 0 Å². The lowest BCUT2D eigenvalue weighted by Gasteiger charge is -2.08. The van der Waals surface area contributed by atoms with Crippen molar-refractivity contribution >= 4 is 0 Å². The van der Waals surface area contributed by atoms with E-state index in [1.165, 1.54) is 25.0 Å². The fraction of sp³-hybridized carbons (Fsp3) is 0.750. The Labute approximate surface area is 56.1 Å². The average molecular weight is 123 g/mol. The Morgan fingerprint density at radius 3 is 3.22 bits per heavy atom. The molecule has 0 spiro atoms. The molecule has 1 fully saturated rings. The van der Waals surface area contributed by atoms with Crippen LogP contribution >= 0.6 is 0 Å². The molecule has 0 bridgehead atoms. The molecule has 0 amide bonds. The molecule has 2 aliphatic rings. The number of fused-ring (bicyclic) bond motifs is 1. The van der Waals surface area contributed by atoms with Gasteiger partial charge in [-0.25, -0.2) is 0 Å². The summed E-state index contributed by atoms with van der Waals surface area (Å²) in [4.78, 5) is 0. The van der Waals surface area contributed by atoms with Crippen LogP contribution in [0, 0.1) is 5.92 Å². The van der Waals surface area contributed by atoms with Crippen molar-refractivity contribution in [2.24, 2.45) is 5.92 Å². The third-order valence-corrected chi connectivity index (χ3v) is 2.45. The molecule has 0 aromatic carbocycles. The van der Waals surface area contributed by atoms with Crippen molar-refractivity contribution in [1.82, 2.24) is 5.32 Å². The monoisotopic (exact) mass is 123 g/mol. The van der Waals surface area contributed by atoms with E-state index < -0.39 is 0 Å². The molecule has 1 aliphatic carbocycles. The molecule has 0 saturated heterocycles. The summed E-state index contributed by atoms with van der Waals surface area (Å²) in [5.41, 5.74) is 1.39. The van der Waals surface area contributed by atoms with Gasteiger partial charge < -0.3 is 5.32 Å². The average Bonchev–Trinajstić information content (AvgIpc) is 2.22. The van der Waals surface area contributed by atoms with Crippen molar-refractivity contribution < 1.29 is 0 Å². The van der Waals surface area contributed by atoms with Crippen molar-refractivity contribution in [2.45, 2.75) is 32.2 Å². The van der Waals surface area contributed by atoms with Gasteiger partial charge in [-0.15, -0.1) is 0 Å². The van der Waals surface area contributed by atoms with Gasteiger partial charge in [0.2, 0.25) is 0 Å². The third kappa shape index (κ3) is 0.752. The molecule has 9 heavy (non-hydrogen) atoms. The lowest BCUT2D eigenvalue weighted by molar-refractivity contribution is 0.548. The first-order valence-corrected chi connectivity index (χ1v) is 3.81. The van der Waals surface area contributed by atoms with Crippen molar-refractivity contribution in [1.29, 1.82) is 0 Å². The molecule has 1 N–H and O–H groups in total. The molecule has 0 radical (unpaired) electrons. The summed E-state index contributed by atoms with van der Waals surface area (Å²) in [6.45, 7) is 2.16. The van der Waals surface area contributed by atoms with Crippen LogP contribution in [0.1, 0.15) is 26.2 Å². The van der Waals surface area contributed by atoms with Gasteiger partial charge in [-0.1, -0.05) is 12.5 Å².